The van der Waals surface area contributed by atoms with Crippen LogP contribution < -0.4 is 5.32 Å². The summed E-state index contributed by atoms with van der Waals surface area (Å²) in [6, 6.07) is 9.93. The van der Waals surface area contributed by atoms with E-state index in [9.17, 15) is 19.5 Å². The number of ether oxygens (including phenoxy) is 1. The van der Waals surface area contributed by atoms with E-state index in [1.54, 1.807) is 20.8 Å². The predicted octanol–water partition coefficient (Wildman–Crippen LogP) is 3.53. The number of benzene rings is 1. The second-order valence-electron chi connectivity index (χ2n) is 9.50. The molecule has 2 fully saturated rings. The summed E-state index contributed by atoms with van der Waals surface area (Å²) >= 11 is 0. The number of likely N-dealkylation sites (tertiary alicyclic amines) is 1. The Kier molecular flexibility index (Phi) is 6.38. The number of carboxylic acids is 1. The monoisotopic (exact) mass is 416 g/mol. The van der Waals surface area contributed by atoms with E-state index in [-0.39, 0.29) is 25.4 Å². The van der Waals surface area contributed by atoms with Crippen molar-refractivity contribution in [2.45, 2.75) is 64.0 Å². The quantitative estimate of drug-likeness (QED) is 0.783. The Hall–Kier alpha value is -2.57. The first-order valence-corrected chi connectivity index (χ1v) is 10.7. The average molecular weight is 417 g/mol. The number of nitrogens with zero attached hydrogens (tertiary/aromatic N) is 1. The summed E-state index contributed by atoms with van der Waals surface area (Å²) < 4.78 is 5.42. The minimum absolute atomic E-state index is 0.0534. The van der Waals surface area contributed by atoms with Crippen LogP contribution in [0.5, 0.6) is 0 Å². The van der Waals surface area contributed by atoms with E-state index in [0.29, 0.717) is 0 Å². The van der Waals surface area contributed by atoms with Crippen LogP contribution in [-0.4, -0.2) is 46.7 Å². The Bertz CT molecular complexity index is 781. The molecule has 2 aliphatic rings. The highest BCUT2D eigenvalue weighted by Gasteiger charge is 2.42. The first kappa shape index (κ1) is 22.1. The first-order valence-electron chi connectivity index (χ1n) is 10.7. The molecule has 2 amide bonds. The van der Waals surface area contributed by atoms with Gasteiger partial charge in [0.05, 0.1) is 17.4 Å². The van der Waals surface area contributed by atoms with Crippen LogP contribution in [0.15, 0.2) is 30.3 Å². The van der Waals surface area contributed by atoms with Crippen LogP contribution in [-0.2, 0) is 19.9 Å². The van der Waals surface area contributed by atoms with Crippen molar-refractivity contribution in [1.29, 1.82) is 0 Å². The number of carboxylic acid groups (broad SMARTS) is 1. The SMILES string of the molecule is CC(C)(C)OC(=O)N1C[C@H](C(=O)O)C[C@H](C(=O)NC2(c3ccccc3)CCCC2)C1. The van der Waals surface area contributed by atoms with Crippen LogP contribution in [0.2, 0.25) is 0 Å². The van der Waals surface area contributed by atoms with Gasteiger partial charge in [-0.3, -0.25) is 9.59 Å². The zero-order valence-corrected chi connectivity index (χ0v) is 18.0. The fourth-order valence-corrected chi connectivity index (χ4v) is 4.50. The smallest absolute Gasteiger partial charge is 0.410 e. The van der Waals surface area contributed by atoms with E-state index >= 15 is 0 Å². The van der Waals surface area contributed by atoms with Crippen molar-refractivity contribution in [3.63, 3.8) is 0 Å². The summed E-state index contributed by atoms with van der Waals surface area (Å²) in [4.78, 5) is 38.9. The van der Waals surface area contributed by atoms with Gasteiger partial charge in [-0.1, -0.05) is 43.2 Å². The largest absolute Gasteiger partial charge is 0.481 e. The molecule has 164 valence electrons. The summed E-state index contributed by atoms with van der Waals surface area (Å²) in [5.74, 6) is -2.58. The molecule has 0 unspecified atom stereocenters. The Morgan fingerprint density at radius 2 is 1.67 bits per heavy atom. The van der Waals surface area contributed by atoms with Crippen LogP contribution in [0, 0.1) is 11.8 Å². The first-order chi connectivity index (χ1) is 14.1. The number of nitrogens with one attached hydrogen (secondary N) is 1. The maximum absolute atomic E-state index is 13.3. The normalized spacial score (nSPS) is 23.6. The number of amides is 2. The van der Waals surface area contributed by atoms with Crippen molar-refractivity contribution in [2.75, 3.05) is 13.1 Å². The maximum Gasteiger partial charge on any atom is 0.410 e. The molecular formula is C23H32N2O5. The Morgan fingerprint density at radius 1 is 1.07 bits per heavy atom. The molecule has 0 spiro atoms. The molecular weight excluding hydrogens is 384 g/mol. The number of rotatable bonds is 4. The zero-order valence-electron chi connectivity index (χ0n) is 18.0. The summed E-state index contributed by atoms with van der Waals surface area (Å²) in [6.07, 6.45) is 3.40. The van der Waals surface area contributed by atoms with Gasteiger partial charge in [-0.2, -0.15) is 0 Å². The second kappa shape index (κ2) is 8.66. The van der Waals surface area contributed by atoms with Crippen LogP contribution in [0.3, 0.4) is 0 Å². The Labute approximate surface area is 177 Å². The molecule has 2 N–H and O–H groups in total. The molecule has 7 heteroatoms. The highest BCUT2D eigenvalue weighted by molar-refractivity contribution is 5.82. The highest BCUT2D eigenvalue weighted by atomic mass is 16.6. The van der Waals surface area contributed by atoms with Gasteiger partial charge in [-0.25, -0.2) is 4.79 Å². The molecule has 1 saturated heterocycles. The number of carbonyl (C=O) groups is 3. The standard InChI is InChI=1S/C23H32N2O5/c1-22(2,3)30-21(29)25-14-16(13-17(15-25)20(27)28)19(26)24-23(11-7-8-12-23)18-9-5-4-6-10-18/h4-6,9-10,16-17H,7-8,11-15H2,1-3H3,(H,24,26)(H,27,28)/t16-,17+/m0/s1. The lowest BCUT2D eigenvalue weighted by Crippen LogP contribution is -2.54. The van der Waals surface area contributed by atoms with Gasteiger partial charge in [0.2, 0.25) is 5.91 Å². The van der Waals surface area contributed by atoms with Gasteiger partial charge < -0.3 is 20.1 Å². The molecule has 7 nitrogen and oxygen atoms in total. The van der Waals surface area contributed by atoms with Gasteiger partial charge in [0, 0.05) is 13.1 Å². The van der Waals surface area contributed by atoms with Crippen molar-refractivity contribution in [3.05, 3.63) is 35.9 Å². The van der Waals surface area contributed by atoms with Crippen molar-refractivity contribution in [3.8, 4) is 0 Å². The number of aliphatic carboxylic acids is 1. The number of hydrogen-bond donors (Lipinski definition) is 2. The molecule has 1 aliphatic carbocycles. The fourth-order valence-electron chi connectivity index (χ4n) is 4.50. The lowest BCUT2D eigenvalue weighted by Gasteiger charge is -2.38. The van der Waals surface area contributed by atoms with Crippen molar-refractivity contribution < 1.29 is 24.2 Å². The van der Waals surface area contributed by atoms with Gasteiger partial charge in [-0.05, 0) is 45.6 Å². The minimum Gasteiger partial charge on any atom is -0.481 e. The zero-order chi connectivity index (χ0) is 21.9. The van der Waals surface area contributed by atoms with Crippen molar-refractivity contribution in [1.82, 2.24) is 10.2 Å². The van der Waals surface area contributed by atoms with Gasteiger partial charge in [0.25, 0.3) is 0 Å². The molecule has 30 heavy (non-hydrogen) atoms. The van der Waals surface area contributed by atoms with Crippen LogP contribution in [0.25, 0.3) is 0 Å². The van der Waals surface area contributed by atoms with E-state index in [4.69, 9.17) is 4.74 Å². The molecule has 1 saturated carbocycles. The van der Waals surface area contributed by atoms with Crippen LogP contribution in [0.4, 0.5) is 4.79 Å². The summed E-state index contributed by atoms with van der Waals surface area (Å²) in [5, 5.41) is 12.8. The van der Waals surface area contributed by atoms with E-state index in [1.165, 1.54) is 4.90 Å². The van der Waals surface area contributed by atoms with E-state index in [2.05, 4.69) is 5.32 Å². The number of carbonyl (C=O) groups excluding carboxylic acids is 2. The van der Waals surface area contributed by atoms with Crippen molar-refractivity contribution >= 4 is 18.0 Å². The molecule has 1 aromatic rings. The molecule has 1 heterocycles. The molecule has 3 rings (SSSR count). The molecule has 1 aliphatic heterocycles. The molecule has 0 aromatic heterocycles. The van der Waals surface area contributed by atoms with Gasteiger partial charge in [-0.15, -0.1) is 0 Å². The third-order valence-electron chi connectivity index (χ3n) is 5.97. The molecule has 1 aromatic carbocycles. The summed E-state index contributed by atoms with van der Waals surface area (Å²) in [5.41, 5.74) is -0.0391. The average Bonchev–Trinajstić information content (AvgIpc) is 3.16. The molecule has 0 bridgehead atoms. The lowest BCUT2D eigenvalue weighted by atomic mass is 9.85. The van der Waals surface area contributed by atoms with E-state index in [0.717, 1.165) is 31.2 Å². The molecule has 0 radical (unpaired) electrons. The van der Waals surface area contributed by atoms with Gasteiger partial charge in [0.1, 0.15) is 5.60 Å². The highest BCUT2D eigenvalue weighted by Crippen LogP contribution is 2.39. The van der Waals surface area contributed by atoms with E-state index in [1.807, 2.05) is 30.3 Å². The minimum atomic E-state index is -1.00. The fraction of sp³-hybridized carbons (Fsp3) is 0.609. The third kappa shape index (κ3) is 5.12. The predicted molar refractivity (Wildman–Crippen MR) is 112 cm³/mol. The maximum atomic E-state index is 13.3. The van der Waals surface area contributed by atoms with Gasteiger partial charge >= 0.3 is 12.1 Å². The van der Waals surface area contributed by atoms with Gasteiger partial charge in [0.15, 0.2) is 0 Å². The lowest BCUT2D eigenvalue weighted by molar-refractivity contribution is -0.145. The number of hydrogen-bond acceptors (Lipinski definition) is 4. The molecule has 2 atom stereocenters. The Balaban J connectivity index is 1.77. The topological polar surface area (TPSA) is 95.9 Å². The summed E-state index contributed by atoms with van der Waals surface area (Å²) in [7, 11) is 0. The second-order valence-corrected chi connectivity index (χ2v) is 9.50. The summed E-state index contributed by atoms with van der Waals surface area (Å²) in [6.45, 7) is 5.50. The number of piperidine rings is 1. The van der Waals surface area contributed by atoms with Crippen LogP contribution in [0.1, 0.15) is 58.4 Å². The Morgan fingerprint density at radius 3 is 2.23 bits per heavy atom. The van der Waals surface area contributed by atoms with E-state index < -0.39 is 35.0 Å². The van der Waals surface area contributed by atoms with Crippen molar-refractivity contribution in [2.24, 2.45) is 11.8 Å². The van der Waals surface area contributed by atoms with Crippen LogP contribution >= 0.6 is 0 Å². The third-order valence-corrected chi connectivity index (χ3v) is 5.97.